The van der Waals surface area contributed by atoms with E-state index in [4.69, 9.17) is 10.2 Å². The summed E-state index contributed by atoms with van der Waals surface area (Å²) >= 11 is 0. The quantitative estimate of drug-likeness (QED) is 0.133. The van der Waals surface area contributed by atoms with E-state index in [0.717, 1.165) is 48.8 Å². The van der Waals surface area contributed by atoms with Crippen LogP contribution in [0.1, 0.15) is 80.4 Å². The van der Waals surface area contributed by atoms with Gasteiger partial charge in [-0.3, -0.25) is 9.59 Å². The smallest absolute Gasteiger partial charge is 0.303 e. The molecule has 3 aromatic carbocycles. The number of phenols is 2. The molecule has 6 nitrogen and oxygen atoms in total. The van der Waals surface area contributed by atoms with Gasteiger partial charge in [-0.15, -0.1) is 0 Å². The molecule has 34 heavy (non-hydrogen) atoms. The minimum absolute atomic E-state index is 0.0625. The average molecular weight is 467 g/mol. The predicted octanol–water partition coefficient (Wildman–Crippen LogP) is 6.78. The van der Waals surface area contributed by atoms with Crippen molar-refractivity contribution in [3.05, 3.63) is 47.0 Å². The summed E-state index contributed by atoms with van der Waals surface area (Å²) in [5.41, 5.74) is 3.09. The van der Waals surface area contributed by atoms with Crippen LogP contribution in [0, 0.1) is 13.8 Å². The van der Waals surface area contributed by atoms with Crippen LogP contribution in [0.3, 0.4) is 0 Å². The fourth-order valence-corrected chi connectivity index (χ4v) is 5.01. The summed E-state index contributed by atoms with van der Waals surface area (Å²) in [5.74, 6) is -1.23. The summed E-state index contributed by atoms with van der Waals surface area (Å²) < 4.78 is 0. The van der Waals surface area contributed by atoms with Gasteiger partial charge >= 0.3 is 11.9 Å². The van der Waals surface area contributed by atoms with Gasteiger partial charge in [0.1, 0.15) is 11.5 Å². The highest BCUT2D eigenvalue weighted by Gasteiger charge is 2.24. The lowest BCUT2D eigenvalue weighted by atomic mass is 9.80. The first kappa shape index (κ1) is 25.3. The Kier molecular flexibility index (Phi) is 8.37. The first-order chi connectivity index (χ1) is 16.2. The molecular weight excluding hydrogens is 432 g/mol. The van der Waals surface area contributed by atoms with Crippen LogP contribution >= 0.6 is 0 Å². The summed E-state index contributed by atoms with van der Waals surface area (Å²) in [5, 5.41) is 42.9. The molecule has 0 heterocycles. The summed E-state index contributed by atoms with van der Waals surface area (Å²) in [6.07, 6.45) is 5.40. The van der Waals surface area contributed by atoms with E-state index in [1.807, 2.05) is 32.0 Å². The van der Waals surface area contributed by atoms with E-state index in [9.17, 15) is 19.8 Å². The van der Waals surface area contributed by atoms with Crippen LogP contribution in [0.25, 0.3) is 21.5 Å². The number of aromatic hydroxyl groups is 2. The Hall–Kier alpha value is -3.28. The Morgan fingerprint density at radius 3 is 1.88 bits per heavy atom. The van der Waals surface area contributed by atoms with E-state index < -0.39 is 11.9 Å². The zero-order valence-corrected chi connectivity index (χ0v) is 19.9. The Balaban J connectivity index is 2.06. The van der Waals surface area contributed by atoms with Crippen LogP contribution in [0.15, 0.2) is 30.3 Å². The molecule has 0 saturated carbocycles. The predicted molar refractivity (Wildman–Crippen MR) is 134 cm³/mol. The van der Waals surface area contributed by atoms with Crippen LogP contribution in [0.4, 0.5) is 0 Å². The van der Waals surface area contributed by atoms with Gasteiger partial charge in [-0.1, -0.05) is 43.5 Å². The number of phenolic OH excluding ortho intramolecular Hbond substituents is 2. The molecule has 0 fully saturated rings. The first-order valence-corrected chi connectivity index (χ1v) is 12.0. The molecular formula is C28H34O6. The number of rotatable bonds is 12. The van der Waals surface area contributed by atoms with Gasteiger partial charge in [-0.25, -0.2) is 0 Å². The highest BCUT2D eigenvalue weighted by atomic mass is 16.4. The number of hydrogen-bond donors (Lipinski definition) is 4. The third kappa shape index (κ3) is 5.61. The minimum atomic E-state index is -0.809. The average Bonchev–Trinajstić information content (AvgIpc) is 2.80. The number of carboxylic acid groups (broad SMARTS) is 2. The number of unbranched alkanes of at least 4 members (excludes halogenated alkanes) is 3. The van der Waals surface area contributed by atoms with Gasteiger partial charge in [0.05, 0.1) is 0 Å². The molecule has 0 bridgehead atoms. The zero-order chi connectivity index (χ0) is 24.8. The van der Waals surface area contributed by atoms with Gasteiger partial charge in [-0.2, -0.15) is 0 Å². The molecule has 4 N–H and O–H groups in total. The van der Waals surface area contributed by atoms with Crippen molar-refractivity contribution in [2.45, 2.75) is 77.6 Å². The standard InChI is InChI=1S/C28H34O6/c1-17-16-22-26(28(34)21-13-8-7-12-20(21)27(22)33)25(18(17)2)19(11-6-9-15-24(31)32)10-4-3-5-14-23(29)30/h7-8,12-13,16,19,33-34H,3-6,9-11,14-15H2,1-2H3,(H,29,30)(H,31,32). The number of fused-ring (bicyclic) bond motifs is 2. The van der Waals surface area contributed by atoms with E-state index in [0.29, 0.717) is 34.4 Å². The molecule has 6 heteroatoms. The number of hydrogen-bond acceptors (Lipinski definition) is 4. The maximum Gasteiger partial charge on any atom is 0.303 e. The van der Waals surface area contributed by atoms with Crippen LogP contribution in [0.5, 0.6) is 11.5 Å². The van der Waals surface area contributed by atoms with Gasteiger partial charge in [0.2, 0.25) is 0 Å². The molecule has 0 saturated heterocycles. The Morgan fingerprint density at radius 1 is 0.765 bits per heavy atom. The van der Waals surface area contributed by atoms with Crippen molar-refractivity contribution in [3.63, 3.8) is 0 Å². The molecule has 0 aromatic heterocycles. The molecule has 0 aliphatic heterocycles. The Morgan fingerprint density at radius 2 is 1.29 bits per heavy atom. The molecule has 182 valence electrons. The lowest BCUT2D eigenvalue weighted by Crippen LogP contribution is -2.06. The summed E-state index contributed by atoms with van der Waals surface area (Å²) in [6.45, 7) is 4.03. The zero-order valence-electron chi connectivity index (χ0n) is 19.9. The van der Waals surface area contributed by atoms with Gasteiger partial charge < -0.3 is 20.4 Å². The molecule has 3 aromatic rings. The van der Waals surface area contributed by atoms with Crippen LogP contribution < -0.4 is 0 Å². The topological polar surface area (TPSA) is 115 Å². The summed E-state index contributed by atoms with van der Waals surface area (Å²) in [4.78, 5) is 21.8. The Labute approximate surface area is 199 Å². The van der Waals surface area contributed by atoms with Crippen LogP contribution in [-0.2, 0) is 9.59 Å². The van der Waals surface area contributed by atoms with Crippen molar-refractivity contribution in [2.24, 2.45) is 0 Å². The van der Waals surface area contributed by atoms with E-state index in [1.165, 1.54) is 0 Å². The highest BCUT2D eigenvalue weighted by molar-refractivity contribution is 6.12. The highest BCUT2D eigenvalue weighted by Crippen LogP contribution is 2.47. The second-order valence-electron chi connectivity index (χ2n) is 9.23. The van der Waals surface area contributed by atoms with E-state index in [1.54, 1.807) is 12.1 Å². The molecule has 3 rings (SSSR count). The number of carboxylic acids is 2. The van der Waals surface area contributed by atoms with E-state index in [-0.39, 0.29) is 30.3 Å². The lowest BCUT2D eigenvalue weighted by Gasteiger charge is -2.25. The third-order valence-corrected chi connectivity index (χ3v) is 6.87. The van der Waals surface area contributed by atoms with Crippen molar-refractivity contribution < 1.29 is 30.0 Å². The SMILES string of the molecule is Cc1cc2c(O)c3ccccc3c(O)c2c(C(CCCCCC(=O)O)CCCCC(=O)O)c1C. The van der Waals surface area contributed by atoms with Gasteiger partial charge in [0.15, 0.2) is 0 Å². The van der Waals surface area contributed by atoms with Gasteiger partial charge in [-0.05, 0) is 68.2 Å². The van der Waals surface area contributed by atoms with Crippen molar-refractivity contribution in [3.8, 4) is 11.5 Å². The molecule has 0 spiro atoms. The van der Waals surface area contributed by atoms with Gasteiger partial charge in [0, 0.05) is 34.4 Å². The Bertz CT molecular complexity index is 1200. The first-order valence-electron chi connectivity index (χ1n) is 12.0. The summed E-state index contributed by atoms with van der Waals surface area (Å²) in [6, 6.07) is 9.18. The largest absolute Gasteiger partial charge is 0.507 e. The fourth-order valence-electron chi connectivity index (χ4n) is 5.01. The normalized spacial score (nSPS) is 12.3. The number of carbonyl (C=O) groups is 2. The lowest BCUT2D eigenvalue weighted by molar-refractivity contribution is -0.138. The summed E-state index contributed by atoms with van der Waals surface area (Å²) in [7, 11) is 0. The molecule has 1 atom stereocenters. The molecule has 0 aliphatic carbocycles. The van der Waals surface area contributed by atoms with Crippen molar-refractivity contribution in [1.29, 1.82) is 0 Å². The van der Waals surface area contributed by atoms with E-state index in [2.05, 4.69) is 0 Å². The fraction of sp³-hybridized carbons (Fsp3) is 0.429. The third-order valence-electron chi connectivity index (χ3n) is 6.87. The van der Waals surface area contributed by atoms with Crippen LogP contribution in [-0.4, -0.2) is 32.4 Å². The molecule has 1 unspecified atom stereocenters. The molecule has 0 aliphatic rings. The van der Waals surface area contributed by atoms with Gasteiger partial charge in [0.25, 0.3) is 0 Å². The van der Waals surface area contributed by atoms with Crippen molar-refractivity contribution >= 4 is 33.5 Å². The van der Waals surface area contributed by atoms with E-state index >= 15 is 0 Å². The number of aliphatic carboxylic acids is 2. The second-order valence-corrected chi connectivity index (χ2v) is 9.23. The molecule has 0 amide bonds. The maximum absolute atomic E-state index is 11.3. The van der Waals surface area contributed by atoms with Crippen molar-refractivity contribution in [2.75, 3.05) is 0 Å². The number of aryl methyl sites for hydroxylation is 1. The molecule has 0 radical (unpaired) electrons. The minimum Gasteiger partial charge on any atom is -0.507 e. The van der Waals surface area contributed by atoms with Crippen molar-refractivity contribution in [1.82, 2.24) is 0 Å². The van der Waals surface area contributed by atoms with Crippen LogP contribution in [0.2, 0.25) is 0 Å². The maximum atomic E-state index is 11.3. The number of benzene rings is 3. The monoisotopic (exact) mass is 466 g/mol. The second kappa shape index (κ2) is 11.2.